The SMILES string of the molecule is COc1cc2c(cc1OC)SOC(C(=O)NCCCN1CCCCC1)C2. The number of carbonyl (C=O) groups excluding carboxylic acids is 1. The molecule has 0 saturated carbocycles. The Labute approximate surface area is 159 Å². The van der Waals surface area contributed by atoms with E-state index in [1.807, 2.05) is 12.1 Å². The lowest BCUT2D eigenvalue weighted by Gasteiger charge is -2.27. The van der Waals surface area contributed by atoms with Crippen LogP contribution in [0.4, 0.5) is 0 Å². The van der Waals surface area contributed by atoms with E-state index in [1.54, 1.807) is 14.2 Å². The first kappa shape index (κ1) is 19.3. The fraction of sp³-hybridized carbons (Fsp3) is 0.632. The van der Waals surface area contributed by atoms with Gasteiger partial charge in [0.25, 0.3) is 5.91 Å². The van der Waals surface area contributed by atoms with Crippen LogP contribution in [0.5, 0.6) is 11.5 Å². The molecule has 0 spiro atoms. The molecule has 1 aromatic carbocycles. The average Bonchev–Trinajstić information content (AvgIpc) is 2.70. The summed E-state index contributed by atoms with van der Waals surface area (Å²) in [5, 5.41) is 3.01. The van der Waals surface area contributed by atoms with Crippen LogP contribution in [-0.4, -0.2) is 57.3 Å². The molecular weight excluding hydrogens is 352 g/mol. The number of hydrogen-bond acceptors (Lipinski definition) is 6. The lowest BCUT2D eigenvalue weighted by molar-refractivity contribution is -0.127. The number of rotatable bonds is 7. The molecule has 1 saturated heterocycles. The molecule has 0 radical (unpaired) electrons. The van der Waals surface area contributed by atoms with E-state index < -0.39 is 6.10 Å². The molecule has 26 heavy (non-hydrogen) atoms. The van der Waals surface area contributed by atoms with Gasteiger partial charge in [-0.25, -0.2) is 0 Å². The molecule has 2 aliphatic rings. The number of fused-ring (bicyclic) bond motifs is 1. The quantitative estimate of drug-likeness (QED) is 0.580. The van der Waals surface area contributed by atoms with Crippen molar-refractivity contribution in [2.45, 2.75) is 43.1 Å². The van der Waals surface area contributed by atoms with Gasteiger partial charge in [0.05, 0.1) is 14.2 Å². The van der Waals surface area contributed by atoms with Crippen LogP contribution < -0.4 is 14.8 Å². The molecule has 1 unspecified atom stereocenters. The fourth-order valence-electron chi connectivity index (χ4n) is 3.43. The maximum absolute atomic E-state index is 12.4. The highest BCUT2D eigenvalue weighted by atomic mass is 32.2. The Bertz CT molecular complexity index is 620. The summed E-state index contributed by atoms with van der Waals surface area (Å²) in [6.07, 6.45) is 5.00. The van der Waals surface area contributed by atoms with E-state index in [-0.39, 0.29) is 5.91 Å². The third-order valence-electron chi connectivity index (χ3n) is 4.92. The van der Waals surface area contributed by atoms with Gasteiger partial charge in [-0.1, -0.05) is 6.42 Å². The molecule has 3 rings (SSSR count). The molecule has 0 aliphatic carbocycles. The molecule has 2 aliphatic heterocycles. The number of nitrogens with zero attached hydrogens (tertiary/aromatic N) is 1. The normalized spacial score (nSPS) is 20.3. The van der Waals surface area contributed by atoms with Crippen LogP contribution in [0, 0.1) is 0 Å². The number of ether oxygens (including phenoxy) is 2. The van der Waals surface area contributed by atoms with Crippen molar-refractivity contribution in [3.05, 3.63) is 17.7 Å². The number of likely N-dealkylation sites (tertiary alicyclic amines) is 1. The van der Waals surface area contributed by atoms with Crippen molar-refractivity contribution in [2.24, 2.45) is 0 Å². The molecule has 1 atom stereocenters. The zero-order valence-corrected chi connectivity index (χ0v) is 16.4. The van der Waals surface area contributed by atoms with Crippen LogP contribution in [0.15, 0.2) is 17.0 Å². The van der Waals surface area contributed by atoms with Crippen molar-refractivity contribution >= 4 is 17.9 Å². The zero-order valence-electron chi connectivity index (χ0n) is 15.6. The van der Waals surface area contributed by atoms with Crippen molar-refractivity contribution in [1.29, 1.82) is 0 Å². The summed E-state index contributed by atoms with van der Waals surface area (Å²) in [6.45, 7) is 4.13. The highest BCUT2D eigenvalue weighted by molar-refractivity contribution is 7.94. The van der Waals surface area contributed by atoms with Gasteiger partial charge in [-0.3, -0.25) is 8.98 Å². The van der Waals surface area contributed by atoms with Gasteiger partial charge in [-0.05, 0) is 50.5 Å². The lowest BCUT2D eigenvalue weighted by atomic mass is 10.1. The molecule has 1 aromatic rings. The molecular formula is C19H28N2O4S. The van der Waals surface area contributed by atoms with E-state index >= 15 is 0 Å². The Kier molecular flexibility index (Phi) is 7.05. The first-order chi connectivity index (χ1) is 12.7. The molecule has 0 bridgehead atoms. The van der Waals surface area contributed by atoms with Crippen LogP contribution in [0.1, 0.15) is 31.2 Å². The van der Waals surface area contributed by atoms with Crippen molar-refractivity contribution in [2.75, 3.05) is 40.4 Å². The van der Waals surface area contributed by atoms with Crippen molar-refractivity contribution in [3.63, 3.8) is 0 Å². The Morgan fingerprint density at radius 3 is 2.69 bits per heavy atom. The molecule has 6 nitrogen and oxygen atoms in total. The van der Waals surface area contributed by atoms with E-state index in [4.69, 9.17) is 13.7 Å². The second-order valence-electron chi connectivity index (χ2n) is 6.73. The summed E-state index contributed by atoms with van der Waals surface area (Å²) < 4.78 is 16.4. The minimum atomic E-state index is -0.472. The maximum atomic E-state index is 12.4. The minimum Gasteiger partial charge on any atom is -0.493 e. The van der Waals surface area contributed by atoms with Crippen molar-refractivity contribution < 1.29 is 18.5 Å². The van der Waals surface area contributed by atoms with Gasteiger partial charge in [-0.2, -0.15) is 0 Å². The van der Waals surface area contributed by atoms with Crippen LogP contribution in [0.25, 0.3) is 0 Å². The summed E-state index contributed by atoms with van der Waals surface area (Å²) in [6, 6.07) is 3.83. The average molecular weight is 381 g/mol. The Hall–Kier alpha value is -1.44. The second kappa shape index (κ2) is 9.48. The van der Waals surface area contributed by atoms with E-state index in [1.165, 1.54) is 44.4 Å². The molecule has 1 amide bonds. The first-order valence-corrected chi connectivity index (χ1v) is 10.0. The van der Waals surface area contributed by atoms with Gasteiger partial charge < -0.3 is 19.7 Å². The van der Waals surface area contributed by atoms with E-state index in [0.29, 0.717) is 24.5 Å². The summed E-state index contributed by atoms with van der Waals surface area (Å²) in [5.41, 5.74) is 1.05. The number of carbonyl (C=O) groups is 1. The van der Waals surface area contributed by atoms with Crippen LogP contribution in [0.3, 0.4) is 0 Å². The van der Waals surface area contributed by atoms with Gasteiger partial charge in [0, 0.05) is 36.0 Å². The summed E-state index contributed by atoms with van der Waals surface area (Å²) in [7, 11) is 3.22. The van der Waals surface area contributed by atoms with Crippen LogP contribution in [-0.2, 0) is 15.4 Å². The van der Waals surface area contributed by atoms with Gasteiger partial charge in [-0.15, -0.1) is 0 Å². The van der Waals surface area contributed by atoms with Gasteiger partial charge in [0.15, 0.2) is 17.6 Å². The number of methoxy groups -OCH3 is 2. The number of piperidine rings is 1. The highest BCUT2D eigenvalue weighted by Gasteiger charge is 2.28. The van der Waals surface area contributed by atoms with Gasteiger partial charge >= 0.3 is 0 Å². The smallest absolute Gasteiger partial charge is 0.250 e. The Balaban J connectivity index is 1.47. The number of nitrogens with one attached hydrogen (secondary N) is 1. The standard InChI is InChI=1S/C19H28N2O4S/c1-23-15-11-14-12-17(25-26-18(14)13-16(15)24-2)19(22)20-7-6-10-21-8-4-3-5-9-21/h11,13,17H,3-10,12H2,1-2H3,(H,20,22). The largest absolute Gasteiger partial charge is 0.493 e. The first-order valence-electron chi connectivity index (χ1n) is 9.29. The topological polar surface area (TPSA) is 60.0 Å². The zero-order chi connectivity index (χ0) is 18.4. The predicted molar refractivity (Wildman–Crippen MR) is 102 cm³/mol. The summed E-state index contributed by atoms with van der Waals surface area (Å²) in [4.78, 5) is 15.9. The van der Waals surface area contributed by atoms with E-state index in [9.17, 15) is 4.79 Å². The molecule has 144 valence electrons. The van der Waals surface area contributed by atoms with Crippen LogP contribution in [0.2, 0.25) is 0 Å². The molecule has 7 heteroatoms. The predicted octanol–water partition coefficient (Wildman–Crippen LogP) is 2.64. The molecule has 1 N–H and O–H groups in total. The Morgan fingerprint density at radius 2 is 1.96 bits per heavy atom. The third kappa shape index (κ3) is 4.84. The van der Waals surface area contributed by atoms with Crippen molar-refractivity contribution in [1.82, 2.24) is 10.2 Å². The van der Waals surface area contributed by atoms with E-state index in [0.717, 1.165) is 23.4 Å². The maximum Gasteiger partial charge on any atom is 0.250 e. The minimum absolute atomic E-state index is 0.0448. The summed E-state index contributed by atoms with van der Waals surface area (Å²) >= 11 is 1.23. The number of benzene rings is 1. The van der Waals surface area contributed by atoms with Crippen molar-refractivity contribution in [3.8, 4) is 11.5 Å². The van der Waals surface area contributed by atoms with Gasteiger partial charge in [0.1, 0.15) is 0 Å². The van der Waals surface area contributed by atoms with Gasteiger partial charge in [0.2, 0.25) is 0 Å². The second-order valence-corrected chi connectivity index (χ2v) is 7.53. The molecule has 2 heterocycles. The molecule has 0 aromatic heterocycles. The fourth-order valence-corrected chi connectivity index (χ4v) is 4.21. The Morgan fingerprint density at radius 1 is 1.23 bits per heavy atom. The van der Waals surface area contributed by atoms with E-state index in [2.05, 4.69) is 10.2 Å². The lowest BCUT2D eigenvalue weighted by Crippen LogP contribution is -2.39. The number of hydrogen-bond donors (Lipinski definition) is 1. The highest BCUT2D eigenvalue weighted by Crippen LogP contribution is 2.39. The molecule has 1 fully saturated rings. The van der Waals surface area contributed by atoms with Crippen LogP contribution >= 0.6 is 12.0 Å². The number of amides is 1. The third-order valence-corrected chi connectivity index (χ3v) is 5.81. The summed E-state index contributed by atoms with van der Waals surface area (Å²) in [5.74, 6) is 1.30. The monoisotopic (exact) mass is 380 g/mol.